The first kappa shape index (κ1) is 19.6. The molecule has 1 aromatic carbocycles. The molecule has 0 aliphatic heterocycles. The Hall–Kier alpha value is -2.12. The van der Waals surface area contributed by atoms with E-state index < -0.39 is 0 Å². The molecule has 144 valence electrons. The molecule has 0 bridgehead atoms. The van der Waals surface area contributed by atoms with Crippen LogP contribution in [-0.4, -0.2) is 24.8 Å². The highest BCUT2D eigenvalue weighted by molar-refractivity contribution is 7.80. The number of carbonyl (C=O) groups excluding carboxylic acids is 1. The molecule has 0 saturated carbocycles. The number of esters is 1. The smallest absolute Gasteiger partial charge is 0.341 e. The minimum atomic E-state index is -0.281. The monoisotopic (exact) mass is 404 g/mol. The maximum atomic E-state index is 12.6. The van der Waals surface area contributed by atoms with Gasteiger partial charge in [0.25, 0.3) is 0 Å². The third-order valence-corrected chi connectivity index (χ3v) is 5.92. The number of carbonyl (C=O) groups is 1. The summed E-state index contributed by atoms with van der Waals surface area (Å²) in [4.78, 5) is 13.8. The number of hydrogen-bond acceptors (Lipinski definition) is 5. The zero-order valence-corrected chi connectivity index (χ0v) is 17.4. The van der Waals surface area contributed by atoms with E-state index >= 15 is 0 Å². The Balaban J connectivity index is 1.82. The van der Waals surface area contributed by atoms with Gasteiger partial charge in [-0.3, -0.25) is 0 Å². The standard InChI is InChI=1S/C20H24N2O3S2/c1-4-25-19(23)17-15-9-8-12(2)10-16(15)27-18(17)22-20(26)21-13-6-5-7-14(11-13)24-3/h5-7,11-12H,4,8-10H2,1-3H3,(H2,21,22,26)/t12-/m0/s1. The molecule has 1 aromatic heterocycles. The molecule has 3 rings (SSSR count). The Morgan fingerprint density at radius 3 is 2.93 bits per heavy atom. The van der Waals surface area contributed by atoms with Gasteiger partial charge in [-0.15, -0.1) is 11.3 Å². The average Bonchev–Trinajstić information content (AvgIpc) is 2.98. The number of thiocarbonyl (C=S) groups is 1. The van der Waals surface area contributed by atoms with Crippen LogP contribution in [0.15, 0.2) is 24.3 Å². The second-order valence-corrected chi connectivity index (χ2v) is 8.10. The highest BCUT2D eigenvalue weighted by atomic mass is 32.1. The molecule has 0 fully saturated rings. The van der Waals surface area contributed by atoms with Gasteiger partial charge in [0.2, 0.25) is 0 Å². The predicted octanol–water partition coefficient (Wildman–Crippen LogP) is 4.87. The first-order valence-corrected chi connectivity index (χ1v) is 10.3. The first-order chi connectivity index (χ1) is 13.0. The fourth-order valence-electron chi connectivity index (χ4n) is 3.22. The summed E-state index contributed by atoms with van der Waals surface area (Å²) < 4.78 is 10.5. The second-order valence-electron chi connectivity index (χ2n) is 6.59. The highest BCUT2D eigenvalue weighted by Gasteiger charge is 2.28. The molecular weight excluding hydrogens is 380 g/mol. The van der Waals surface area contributed by atoms with Crippen LogP contribution in [0.2, 0.25) is 0 Å². The van der Waals surface area contributed by atoms with Crippen LogP contribution in [0.5, 0.6) is 5.75 Å². The van der Waals surface area contributed by atoms with Crippen molar-refractivity contribution in [3.63, 3.8) is 0 Å². The number of methoxy groups -OCH3 is 1. The normalized spacial score (nSPS) is 15.6. The number of fused-ring (bicyclic) bond motifs is 1. The van der Waals surface area contributed by atoms with Gasteiger partial charge in [0.05, 0.1) is 19.3 Å². The SMILES string of the molecule is CCOC(=O)c1c(NC(=S)Nc2cccc(OC)c2)sc2c1CC[C@H](C)C2. The Kier molecular flexibility index (Phi) is 6.34. The summed E-state index contributed by atoms with van der Waals surface area (Å²) in [6.07, 6.45) is 2.98. The lowest BCUT2D eigenvalue weighted by Gasteiger charge is -2.18. The van der Waals surface area contributed by atoms with Crippen molar-refractivity contribution < 1.29 is 14.3 Å². The Bertz CT molecular complexity index is 848. The van der Waals surface area contributed by atoms with E-state index in [9.17, 15) is 4.79 Å². The molecule has 0 saturated heterocycles. The van der Waals surface area contributed by atoms with Crippen LogP contribution in [-0.2, 0) is 17.6 Å². The van der Waals surface area contributed by atoms with Crippen molar-refractivity contribution in [1.29, 1.82) is 0 Å². The summed E-state index contributed by atoms with van der Waals surface area (Å²) >= 11 is 7.07. The quantitative estimate of drug-likeness (QED) is 0.548. The second kappa shape index (κ2) is 8.71. The molecule has 1 aliphatic rings. The number of hydrogen-bond donors (Lipinski definition) is 2. The minimum Gasteiger partial charge on any atom is -0.497 e. The maximum Gasteiger partial charge on any atom is 0.341 e. The summed E-state index contributed by atoms with van der Waals surface area (Å²) in [5.41, 5.74) is 2.57. The number of nitrogens with one attached hydrogen (secondary N) is 2. The molecule has 27 heavy (non-hydrogen) atoms. The molecule has 0 amide bonds. The van der Waals surface area contributed by atoms with Gasteiger partial charge >= 0.3 is 5.97 Å². The van der Waals surface area contributed by atoms with Crippen LogP contribution in [0, 0.1) is 5.92 Å². The van der Waals surface area contributed by atoms with Crippen molar-refractivity contribution in [3.05, 3.63) is 40.3 Å². The van der Waals surface area contributed by atoms with Gasteiger partial charge in [0, 0.05) is 16.6 Å². The Morgan fingerprint density at radius 1 is 1.37 bits per heavy atom. The van der Waals surface area contributed by atoms with Crippen LogP contribution < -0.4 is 15.4 Å². The summed E-state index contributed by atoms with van der Waals surface area (Å²) in [5, 5.41) is 7.54. The summed E-state index contributed by atoms with van der Waals surface area (Å²) in [6.45, 7) is 4.42. The van der Waals surface area contributed by atoms with Crippen LogP contribution in [0.4, 0.5) is 10.7 Å². The summed E-state index contributed by atoms with van der Waals surface area (Å²) in [7, 11) is 1.62. The van der Waals surface area contributed by atoms with Gasteiger partial charge in [-0.25, -0.2) is 4.79 Å². The minimum absolute atomic E-state index is 0.281. The van der Waals surface area contributed by atoms with Gasteiger partial charge < -0.3 is 20.1 Å². The zero-order chi connectivity index (χ0) is 19.4. The first-order valence-electron chi connectivity index (χ1n) is 9.05. The molecule has 2 N–H and O–H groups in total. The van der Waals surface area contributed by atoms with E-state index in [1.807, 2.05) is 31.2 Å². The van der Waals surface area contributed by atoms with Gasteiger partial charge in [-0.1, -0.05) is 13.0 Å². The van der Waals surface area contributed by atoms with Crippen molar-refractivity contribution in [2.45, 2.75) is 33.1 Å². The van der Waals surface area contributed by atoms with Crippen LogP contribution in [0.25, 0.3) is 0 Å². The Labute approximate surface area is 169 Å². The van der Waals surface area contributed by atoms with Gasteiger partial charge in [-0.05, 0) is 62.0 Å². The summed E-state index contributed by atoms with van der Waals surface area (Å²) in [5.74, 6) is 1.09. The maximum absolute atomic E-state index is 12.6. The predicted molar refractivity (Wildman–Crippen MR) is 114 cm³/mol. The fraction of sp³-hybridized carbons (Fsp3) is 0.400. The van der Waals surface area contributed by atoms with E-state index in [4.69, 9.17) is 21.7 Å². The molecule has 0 spiro atoms. The number of anilines is 2. The third-order valence-electron chi connectivity index (χ3n) is 4.55. The van der Waals surface area contributed by atoms with Crippen LogP contribution in [0.3, 0.4) is 0 Å². The van der Waals surface area contributed by atoms with Crippen molar-refractivity contribution in [3.8, 4) is 5.75 Å². The Morgan fingerprint density at radius 2 is 2.19 bits per heavy atom. The van der Waals surface area contributed by atoms with Crippen molar-refractivity contribution in [2.24, 2.45) is 5.92 Å². The summed E-state index contributed by atoms with van der Waals surface area (Å²) in [6, 6.07) is 7.53. The van der Waals surface area contributed by atoms with Gasteiger partial charge in [-0.2, -0.15) is 0 Å². The number of thiophene rings is 1. The molecule has 1 atom stereocenters. The lowest BCUT2D eigenvalue weighted by atomic mass is 9.88. The lowest BCUT2D eigenvalue weighted by molar-refractivity contribution is 0.0526. The van der Waals surface area contributed by atoms with Crippen molar-refractivity contribution in [2.75, 3.05) is 24.4 Å². The highest BCUT2D eigenvalue weighted by Crippen LogP contribution is 2.40. The van der Waals surface area contributed by atoms with E-state index in [1.54, 1.807) is 18.4 Å². The molecule has 7 heteroatoms. The zero-order valence-electron chi connectivity index (χ0n) is 15.8. The topological polar surface area (TPSA) is 59.6 Å². The number of benzene rings is 1. The van der Waals surface area contributed by atoms with E-state index in [1.165, 1.54) is 4.88 Å². The van der Waals surface area contributed by atoms with E-state index in [-0.39, 0.29) is 5.97 Å². The number of ether oxygens (including phenoxy) is 2. The van der Waals surface area contributed by atoms with Gasteiger partial charge in [0.1, 0.15) is 10.8 Å². The van der Waals surface area contributed by atoms with Crippen LogP contribution >= 0.6 is 23.6 Å². The molecule has 2 aromatic rings. The molecule has 5 nitrogen and oxygen atoms in total. The van der Waals surface area contributed by atoms with Crippen molar-refractivity contribution in [1.82, 2.24) is 0 Å². The van der Waals surface area contributed by atoms with Crippen molar-refractivity contribution >= 4 is 45.3 Å². The number of rotatable bonds is 5. The van der Waals surface area contributed by atoms with E-state index in [0.29, 0.717) is 23.2 Å². The molecule has 1 heterocycles. The van der Waals surface area contributed by atoms with Crippen LogP contribution in [0.1, 0.15) is 41.1 Å². The molecule has 0 radical (unpaired) electrons. The lowest BCUT2D eigenvalue weighted by Crippen LogP contribution is -2.20. The molecule has 1 aliphatic carbocycles. The molecule has 0 unspecified atom stereocenters. The molecular formula is C20H24N2O3S2. The third kappa shape index (κ3) is 4.59. The fourth-order valence-corrected chi connectivity index (χ4v) is 4.91. The van der Waals surface area contributed by atoms with E-state index in [0.717, 1.165) is 41.3 Å². The largest absolute Gasteiger partial charge is 0.497 e. The van der Waals surface area contributed by atoms with E-state index in [2.05, 4.69) is 17.6 Å². The van der Waals surface area contributed by atoms with Gasteiger partial charge in [0.15, 0.2) is 5.11 Å². The average molecular weight is 405 g/mol.